The lowest BCUT2D eigenvalue weighted by molar-refractivity contribution is -0.120. The highest BCUT2D eigenvalue weighted by atomic mass is 35.5. The third-order valence-corrected chi connectivity index (χ3v) is 7.07. The van der Waals surface area contributed by atoms with E-state index in [0.717, 1.165) is 5.56 Å². The molecule has 0 bridgehead atoms. The van der Waals surface area contributed by atoms with Gasteiger partial charge in [-0.25, -0.2) is 8.42 Å². The number of anilines is 1. The van der Waals surface area contributed by atoms with Crippen LogP contribution < -0.4 is 10.1 Å². The van der Waals surface area contributed by atoms with E-state index < -0.39 is 15.9 Å². The molecule has 0 saturated carbocycles. The van der Waals surface area contributed by atoms with Gasteiger partial charge in [-0.2, -0.15) is 4.31 Å². The Morgan fingerprint density at radius 3 is 2.62 bits per heavy atom. The van der Waals surface area contributed by atoms with Crippen LogP contribution >= 0.6 is 11.6 Å². The molecule has 8 heteroatoms. The van der Waals surface area contributed by atoms with Crippen LogP contribution in [0.25, 0.3) is 0 Å². The fourth-order valence-electron chi connectivity index (χ4n) is 3.32. The van der Waals surface area contributed by atoms with Crippen LogP contribution in [0.1, 0.15) is 25.3 Å². The summed E-state index contributed by atoms with van der Waals surface area (Å²) in [6.07, 6.45) is 1.27. The van der Waals surface area contributed by atoms with Crippen molar-refractivity contribution in [2.75, 3.05) is 25.0 Å². The van der Waals surface area contributed by atoms with Crippen LogP contribution in [0, 0.1) is 12.8 Å². The minimum atomic E-state index is -3.75. The van der Waals surface area contributed by atoms with Crippen molar-refractivity contribution >= 4 is 33.2 Å². The maximum absolute atomic E-state index is 13.1. The smallest absolute Gasteiger partial charge is 0.243 e. The first kappa shape index (κ1) is 21.6. The van der Waals surface area contributed by atoms with Crippen molar-refractivity contribution in [1.29, 1.82) is 0 Å². The number of carbonyl (C=O) groups is 1. The molecule has 156 valence electrons. The van der Waals surface area contributed by atoms with E-state index in [-0.39, 0.29) is 22.4 Å². The quantitative estimate of drug-likeness (QED) is 0.740. The molecular formula is C21H25ClN2O4S. The molecule has 1 aliphatic rings. The highest BCUT2D eigenvalue weighted by molar-refractivity contribution is 7.89. The summed E-state index contributed by atoms with van der Waals surface area (Å²) in [4.78, 5) is 12.8. The van der Waals surface area contributed by atoms with E-state index in [1.165, 1.54) is 16.4 Å². The highest BCUT2D eigenvalue weighted by Gasteiger charge is 2.33. The summed E-state index contributed by atoms with van der Waals surface area (Å²) in [6, 6.07) is 12.0. The Kier molecular flexibility index (Phi) is 6.82. The van der Waals surface area contributed by atoms with E-state index in [2.05, 4.69) is 5.32 Å². The molecule has 0 spiro atoms. The van der Waals surface area contributed by atoms with Crippen LogP contribution in [0.5, 0.6) is 5.75 Å². The van der Waals surface area contributed by atoms with Crippen LogP contribution in [0.15, 0.2) is 47.4 Å². The largest absolute Gasteiger partial charge is 0.492 e. The number of rotatable bonds is 6. The monoisotopic (exact) mass is 436 g/mol. The molecule has 1 heterocycles. The average molecular weight is 437 g/mol. The second-order valence-electron chi connectivity index (χ2n) is 7.08. The fraction of sp³-hybridized carbons (Fsp3) is 0.381. The number of benzene rings is 2. The number of nitrogens with one attached hydrogen (secondary N) is 1. The number of hydrogen-bond donors (Lipinski definition) is 1. The lowest BCUT2D eigenvalue weighted by Gasteiger charge is -2.31. The van der Waals surface area contributed by atoms with Crippen molar-refractivity contribution in [2.45, 2.75) is 31.6 Å². The van der Waals surface area contributed by atoms with Crippen molar-refractivity contribution in [2.24, 2.45) is 5.92 Å². The normalized spacial score (nSPS) is 17.7. The van der Waals surface area contributed by atoms with E-state index >= 15 is 0 Å². The van der Waals surface area contributed by atoms with Crippen molar-refractivity contribution in [1.82, 2.24) is 4.31 Å². The van der Waals surface area contributed by atoms with Gasteiger partial charge >= 0.3 is 0 Å². The van der Waals surface area contributed by atoms with Gasteiger partial charge in [-0.1, -0.05) is 29.3 Å². The lowest BCUT2D eigenvalue weighted by Crippen LogP contribution is -2.43. The van der Waals surface area contributed by atoms with Gasteiger partial charge in [0.15, 0.2) is 0 Å². The zero-order valence-corrected chi connectivity index (χ0v) is 18.1. The first-order chi connectivity index (χ1) is 13.8. The molecule has 1 aliphatic heterocycles. The fourth-order valence-corrected chi connectivity index (χ4v) is 5.17. The van der Waals surface area contributed by atoms with Gasteiger partial charge in [0.25, 0.3) is 0 Å². The molecule has 2 aromatic rings. The number of ether oxygens (including phenoxy) is 1. The predicted molar refractivity (Wildman–Crippen MR) is 114 cm³/mol. The minimum absolute atomic E-state index is 0.102. The van der Waals surface area contributed by atoms with Gasteiger partial charge in [0.2, 0.25) is 15.9 Å². The summed E-state index contributed by atoms with van der Waals surface area (Å²) >= 11 is 6.16. The first-order valence-corrected chi connectivity index (χ1v) is 11.4. The van der Waals surface area contributed by atoms with Gasteiger partial charge in [-0.05, 0) is 57.0 Å². The van der Waals surface area contributed by atoms with Gasteiger partial charge in [0.05, 0.1) is 22.4 Å². The molecule has 0 aliphatic carbocycles. The summed E-state index contributed by atoms with van der Waals surface area (Å²) < 4.78 is 32.9. The second kappa shape index (κ2) is 9.15. The Bertz CT molecular complexity index is 977. The molecule has 1 atom stereocenters. The lowest BCUT2D eigenvalue weighted by atomic mass is 9.98. The highest BCUT2D eigenvalue weighted by Crippen LogP contribution is 2.30. The second-order valence-corrected chi connectivity index (χ2v) is 9.43. The van der Waals surface area contributed by atoms with Gasteiger partial charge in [0, 0.05) is 18.8 Å². The number of halogens is 1. The molecule has 1 N–H and O–H groups in total. The molecule has 1 fully saturated rings. The Labute approximate surface area is 176 Å². The molecule has 3 rings (SSSR count). The van der Waals surface area contributed by atoms with E-state index in [0.29, 0.717) is 37.4 Å². The van der Waals surface area contributed by atoms with E-state index in [9.17, 15) is 13.2 Å². The van der Waals surface area contributed by atoms with E-state index in [4.69, 9.17) is 16.3 Å². The van der Waals surface area contributed by atoms with Crippen LogP contribution in [-0.2, 0) is 14.8 Å². The van der Waals surface area contributed by atoms with Crippen molar-refractivity contribution < 1.29 is 17.9 Å². The zero-order chi connectivity index (χ0) is 21.0. The van der Waals surface area contributed by atoms with Crippen LogP contribution in [0.3, 0.4) is 0 Å². The van der Waals surface area contributed by atoms with E-state index in [1.807, 2.05) is 38.1 Å². The topological polar surface area (TPSA) is 75.7 Å². The van der Waals surface area contributed by atoms with E-state index in [1.54, 1.807) is 6.07 Å². The van der Waals surface area contributed by atoms with Crippen LogP contribution in [-0.4, -0.2) is 38.3 Å². The number of sulfonamides is 1. The molecule has 6 nitrogen and oxygen atoms in total. The Hall–Kier alpha value is -2.09. The van der Waals surface area contributed by atoms with Gasteiger partial charge in [-0.3, -0.25) is 4.79 Å². The maximum Gasteiger partial charge on any atom is 0.243 e. The number of hydrogen-bond acceptors (Lipinski definition) is 4. The van der Waals surface area contributed by atoms with Crippen LogP contribution in [0.4, 0.5) is 5.69 Å². The molecule has 29 heavy (non-hydrogen) atoms. The van der Waals surface area contributed by atoms with Crippen molar-refractivity contribution in [3.05, 3.63) is 53.1 Å². The molecule has 0 unspecified atom stereocenters. The predicted octanol–water partition coefficient (Wildman–Crippen LogP) is 4.09. The number of amides is 1. The number of piperidine rings is 1. The molecular weight excluding hydrogens is 412 g/mol. The molecule has 1 amide bonds. The van der Waals surface area contributed by atoms with Crippen molar-refractivity contribution in [3.63, 3.8) is 0 Å². The minimum Gasteiger partial charge on any atom is -0.492 e. The van der Waals surface area contributed by atoms with Crippen molar-refractivity contribution in [3.8, 4) is 5.75 Å². The van der Waals surface area contributed by atoms with Gasteiger partial charge < -0.3 is 10.1 Å². The standard InChI is InChI=1S/C21H25ClN2O4S/c1-3-28-20-11-10-18(13-19(20)22)29(26,27)24-12-4-5-16(14-24)21(25)23-17-8-6-15(2)7-9-17/h6-11,13,16H,3-5,12,14H2,1-2H3,(H,23,25)/t16-/m1/s1. The average Bonchev–Trinajstić information content (AvgIpc) is 2.71. The number of aryl methyl sites for hydroxylation is 1. The summed E-state index contributed by atoms with van der Waals surface area (Å²) in [6.45, 7) is 4.77. The Balaban J connectivity index is 1.72. The summed E-state index contributed by atoms with van der Waals surface area (Å²) in [5.41, 5.74) is 1.81. The maximum atomic E-state index is 13.1. The van der Waals surface area contributed by atoms with Gasteiger partial charge in [0.1, 0.15) is 5.75 Å². The molecule has 0 radical (unpaired) electrons. The van der Waals surface area contributed by atoms with Crippen LogP contribution in [0.2, 0.25) is 5.02 Å². The zero-order valence-electron chi connectivity index (χ0n) is 16.5. The molecule has 0 aromatic heterocycles. The Morgan fingerprint density at radius 2 is 1.97 bits per heavy atom. The number of nitrogens with zero attached hydrogens (tertiary/aromatic N) is 1. The van der Waals surface area contributed by atoms with Gasteiger partial charge in [-0.15, -0.1) is 0 Å². The third kappa shape index (κ3) is 5.10. The summed E-state index contributed by atoms with van der Waals surface area (Å²) in [7, 11) is -3.75. The first-order valence-electron chi connectivity index (χ1n) is 9.61. The SMILES string of the molecule is CCOc1ccc(S(=O)(=O)N2CCC[C@@H](C(=O)Nc3ccc(C)cc3)C2)cc1Cl. The molecule has 2 aromatic carbocycles. The Morgan fingerprint density at radius 1 is 1.24 bits per heavy atom. The summed E-state index contributed by atoms with van der Waals surface area (Å²) in [5.74, 6) is -0.126. The number of carbonyl (C=O) groups excluding carboxylic acids is 1. The summed E-state index contributed by atoms with van der Waals surface area (Å²) in [5, 5.41) is 3.13. The third-order valence-electron chi connectivity index (χ3n) is 4.91. The molecule has 1 saturated heterocycles.